The summed E-state index contributed by atoms with van der Waals surface area (Å²) in [5.74, 6) is 1.94. The van der Waals surface area contributed by atoms with Crippen molar-refractivity contribution in [2.75, 3.05) is 46.5 Å². The molecule has 1 amide bonds. The molecule has 1 aliphatic heterocycles. The Morgan fingerprint density at radius 3 is 2.61 bits per heavy atom. The molecule has 0 aliphatic carbocycles. The SMILES string of the molecule is COc1ccc(CN2CCN(C(C)=O)C[C@](O)(COc3ccccc3)C2)cc1OCCn1cccn1. The summed E-state index contributed by atoms with van der Waals surface area (Å²) in [4.78, 5) is 16.0. The van der Waals surface area contributed by atoms with Gasteiger partial charge in [-0.15, -0.1) is 0 Å². The largest absolute Gasteiger partial charge is 0.493 e. The van der Waals surface area contributed by atoms with E-state index >= 15 is 0 Å². The highest BCUT2D eigenvalue weighted by atomic mass is 16.5. The van der Waals surface area contributed by atoms with E-state index in [0.29, 0.717) is 56.6 Å². The molecular weight excluding hydrogens is 460 g/mol. The third-order valence-electron chi connectivity index (χ3n) is 6.16. The van der Waals surface area contributed by atoms with Gasteiger partial charge in [-0.25, -0.2) is 0 Å². The molecule has 9 heteroatoms. The quantitative estimate of drug-likeness (QED) is 0.463. The van der Waals surface area contributed by atoms with Gasteiger partial charge in [0.1, 0.15) is 24.6 Å². The number of amides is 1. The molecule has 9 nitrogen and oxygen atoms in total. The lowest BCUT2D eigenvalue weighted by Gasteiger charge is -2.32. The molecule has 2 heterocycles. The maximum atomic E-state index is 12.2. The normalized spacial score (nSPS) is 18.5. The van der Waals surface area contributed by atoms with Gasteiger partial charge in [0, 0.05) is 45.5 Å². The Labute approximate surface area is 211 Å². The van der Waals surface area contributed by atoms with Crippen LogP contribution in [0, 0.1) is 0 Å². The van der Waals surface area contributed by atoms with E-state index < -0.39 is 5.60 Å². The maximum absolute atomic E-state index is 12.2. The standard InChI is InChI=1S/C27H34N4O5/c1-22(32)30-14-13-29(19-27(33,20-30)21-36-24-7-4-3-5-8-24)18-23-9-10-25(34-2)26(17-23)35-16-15-31-12-6-11-28-31/h3-12,17,33H,13-16,18-21H2,1-2H3/t27-/m0/s1. The minimum absolute atomic E-state index is 0.0627. The first-order valence-corrected chi connectivity index (χ1v) is 12.1. The molecule has 4 rings (SSSR count). The monoisotopic (exact) mass is 494 g/mol. The number of ether oxygens (including phenoxy) is 3. The van der Waals surface area contributed by atoms with Crippen molar-refractivity contribution in [2.24, 2.45) is 0 Å². The molecule has 1 aliphatic rings. The van der Waals surface area contributed by atoms with Crippen LogP contribution in [-0.2, 0) is 17.9 Å². The fraction of sp³-hybridized carbons (Fsp3) is 0.407. The Balaban J connectivity index is 1.44. The van der Waals surface area contributed by atoms with Gasteiger partial charge < -0.3 is 24.2 Å². The number of hydrogen-bond donors (Lipinski definition) is 1. The minimum Gasteiger partial charge on any atom is -0.493 e. The Bertz CT molecular complexity index is 1110. The second kappa shape index (κ2) is 11.9. The van der Waals surface area contributed by atoms with Crippen molar-refractivity contribution < 1.29 is 24.1 Å². The number of carbonyl (C=O) groups is 1. The summed E-state index contributed by atoms with van der Waals surface area (Å²) in [6, 6.07) is 17.1. The van der Waals surface area contributed by atoms with E-state index in [2.05, 4.69) is 10.00 Å². The first-order valence-electron chi connectivity index (χ1n) is 12.1. The van der Waals surface area contributed by atoms with Gasteiger partial charge in [0.25, 0.3) is 0 Å². The van der Waals surface area contributed by atoms with Crippen LogP contribution in [0.1, 0.15) is 12.5 Å². The smallest absolute Gasteiger partial charge is 0.219 e. The lowest BCUT2D eigenvalue weighted by atomic mass is 10.0. The number of rotatable bonds is 10. The number of nitrogens with zero attached hydrogens (tertiary/aromatic N) is 4. The van der Waals surface area contributed by atoms with Gasteiger partial charge >= 0.3 is 0 Å². The zero-order valence-corrected chi connectivity index (χ0v) is 20.9. The van der Waals surface area contributed by atoms with Crippen LogP contribution < -0.4 is 14.2 Å². The van der Waals surface area contributed by atoms with Crippen LogP contribution in [0.4, 0.5) is 0 Å². The predicted molar refractivity (Wildman–Crippen MR) is 135 cm³/mol. The third kappa shape index (κ3) is 6.99. The van der Waals surface area contributed by atoms with E-state index in [4.69, 9.17) is 14.2 Å². The second-order valence-electron chi connectivity index (χ2n) is 9.08. The molecule has 2 aromatic carbocycles. The molecule has 192 valence electrons. The fourth-order valence-corrected chi connectivity index (χ4v) is 4.34. The molecule has 0 spiro atoms. The van der Waals surface area contributed by atoms with Gasteiger partial charge in [0.05, 0.1) is 20.2 Å². The molecule has 1 fully saturated rings. The minimum atomic E-state index is -1.21. The summed E-state index contributed by atoms with van der Waals surface area (Å²) in [5.41, 5.74) is -0.194. The van der Waals surface area contributed by atoms with Crippen molar-refractivity contribution in [3.05, 3.63) is 72.6 Å². The zero-order valence-electron chi connectivity index (χ0n) is 20.9. The van der Waals surface area contributed by atoms with E-state index in [1.165, 1.54) is 6.92 Å². The molecule has 36 heavy (non-hydrogen) atoms. The van der Waals surface area contributed by atoms with Crippen LogP contribution >= 0.6 is 0 Å². The molecule has 1 N–H and O–H groups in total. The first-order chi connectivity index (χ1) is 17.4. The number of para-hydroxylation sites is 1. The van der Waals surface area contributed by atoms with E-state index in [-0.39, 0.29) is 19.1 Å². The van der Waals surface area contributed by atoms with Crippen molar-refractivity contribution in [2.45, 2.75) is 25.6 Å². The van der Waals surface area contributed by atoms with Gasteiger partial charge in [0.2, 0.25) is 5.91 Å². The van der Waals surface area contributed by atoms with Gasteiger partial charge in [-0.3, -0.25) is 14.4 Å². The van der Waals surface area contributed by atoms with Crippen LogP contribution in [0.2, 0.25) is 0 Å². The summed E-state index contributed by atoms with van der Waals surface area (Å²) < 4.78 is 19.2. The summed E-state index contributed by atoms with van der Waals surface area (Å²) in [6.45, 7) is 5.03. The molecule has 1 aromatic heterocycles. The van der Waals surface area contributed by atoms with Crippen molar-refractivity contribution in [1.82, 2.24) is 19.6 Å². The highest BCUT2D eigenvalue weighted by molar-refractivity contribution is 5.73. The Hall–Kier alpha value is -3.56. The second-order valence-corrected chi connectivity index (χ2v) is 9.08. The van der Waals surface area contributed by atoms with Gasteiger partial charge in [-0.1, -0.05) is 24.3 Å². The first kappa shape index (κ1) is 25.5. The maximum Gasteiger partial charge on any atom is 0.219 e. The third-order valence-corrected chi connectivity index (χ3v) is 6.16. The van der Waals surface area contributed by atoms with E-state index in [9.17, 15) is 9.90 Å². The molecule has 0 bridgehead atoms. The van der Waals surface area contributed by atoms with Crippen LogP contribution in [0.3, 0.4) is 0 Å². The molecule has 1 saturated heterocycles. The van der Waals surface area contributed by atoms with Gasteiger partial charge in [0.15, 0.2) is 11.5 Å². The summed E-state index contributed by atoms with van der Waals surface area (Å²) in [7, 11) is 1.62. The predicted octanol–water partition coefficient (Wildman–Crippen LogP) is 2.44. The highest BCUT2D eigenvalue weighted by Gasteiger charge is 2.37. The topological polar surface area (TPSA) is 89.3 Å². The van der Waals surface area contributed by atoms with Crippen molar-refractivity contribution >= 4 is 5.91 Å². The molecule has 0 saturated carbocycles. The molecule has 0 radical (unpaired) electrons. The Kier molecular flexibility index (Phi) is 8.45. The van der Waals surface area contributed by atoms with Crippen LogP contribution in [0.5, 0.6) is 17.2 Å². The van der Waals surface area contributed by atoms with E-state index in [0.717, 1.165) is 5.56 Å². The number of aromatic nitrogens is 2. The number of carbonyl (C=O) groups excluding carboxylic acids is 1. The zero-order chi connectivity index (χ0) is 25.4. The fourth-order valence-electron chi connectivity index (χ4n) is 4.34. The number of benzene rings is 2. The number of aliphatic hydroxyl groups is 1. The number of hydrogen-bond acceptors (Lipinski definition) is 7. The lowest BCUT2D eigenvalue weighted by molar-refractivity contribution is -0.132. The summed E-state index contributed by atoms with van der Waals surface area (Å²) in [6.07, 6.45) is 3.63. The number of methoxy groups -OCH3 is 1. The molecule has 0 unspecified atom stereocenters. The Morgan fingerprint density at radius 2 is 1.89 bits per heavy atom. The number of β-amino-alcohol motifs (C(OH)–C–C–N with tert-alkyl or cyclic N) is 1. The Morgan fingerprint density at radius 1 is 1.06 bits per heavy atom. The van der Waals surface area contributed by atoms with Crippen LogP contribution in [0.15, 0.2) is 67.0 Å². The molecular formula is C27H34N4O5. The average molecular weight is 495 g/mol. The van der Waals surface area contributed by atoms with Gasteiger partial charge in [-0.2, -0.15) is 5.10 Å². The average Bonchev–Trinajstić information content (AvgIpc) is 3.33. The highest BCUT2D eigenvalue weighted by Crippen LogP contribution is 2.29. The van der Waals surface area contributed by atoms with Crippen LogP contribution in [0.25, 0.3) is 0 Å². The van der Waals surface area contributed by atoms with Crippen LogP contribution in [-0.4, -0.2) is 82.7 Å². The molecule has 1 atom stereocenters. The van der Waals surface area contributed by atoms with E-state index in [1.54, 1.807) is 18.2 Å². The lowest BCUT2D eigenvalue weighted by Crippen LogP contribution is -2.51. The van der Waals surface area contributed by atoms with Crippen molar-refractivity contribution in [3.63, 3.8) is 0 Å². The van der Waals surface area contributed by atoms with Crippen molar-refractivity contribution in [1.29, 1.82) is 0 Å². The van der Waals surface area contributed by atoms with Gasteiger partial charge in [-0.05, 0) is 35.9 Å². The summed E-state index contributed by atoms with van der Waals surface area (Å²) >= 11 is 0. The molecule has 3 aromatic rings. The summed E-state index contributed by atoms with van der Waals surface area (Å²) in [5, 5.41) is 15.7. The van der Waals surface area contributed by atoms with Crippen molar-refractivity contribution in [3.8, 4) is 17.2 Å². The van der Waals surface area contributed by atoms with E-state index in [1.807, 2.05) is 65.5 Å².